The number of thioether (sulfide) groups is 1. The minimum atomic E-state index is 0.650. The van der Waals surface area contributed by atoms with Crippen molar-refractivity contribution in [2.24, 2.45) is 0 Å². The molecule has 4 aromatic rings. The van der Waals surface area contributed by atoms with Gasteiger partial charge in [-0.1, -0.05) is 54.2 Å². The predicted molar refractivity (Wildman–Crippen MR) is 112 cm³/mol. The number of nitriles is 1. The van der Waals surface area contributed by atoms with Crippen LogP contribution in [0.1, 0.15) is 16.7 Å². The van der Waals surface area contributed by atoms with E-state index >= 15 is 0 Å². The fraction of sp³-hybridized carbons (Fsp3) is 0.0952. The minimum absolute atomic E-state index is 0.650. The topological polar surface area (TPSA) is 67.6 Å². The first-order valence-electron chi connectivity index (χ1n) is 8.57. The number of nitrogens with zero attached hydrogens (tertiary/aromatic N) is 4. The van der Waals surface area contributed by atoms with Crippen LogP contribution in [0.5, 0.6) is 0 Å². The predicted octanol–water partition coefficient (Wildman–Crippen LogP) is 5.51. The summed E-state index contributed by atoms with van der Waals surface area (Å²) in [5.41, 5.74) is 2.95. The molecule has 4 rings (SSSR count). The van der Waals surface area contributed by atoms with Crippen molar-refractivity contribution in [3.8, 4) is 17.7 Å². The maximum Gasteiger partial charge on any atom is 0.200 e. The standard InChI is InChI=1S/C21H15BrN4OS/c22-19-11-10-18(27-19)20-24-25-21(26(20)13-16-4-2-1-3-5-16)28-14-17-8-6-15(12-23)7-9-17/h1-11H,13-14H2. The molecule has 5 nitrogen and oxygen atoms in total. The molecule has 7 heteroatoms. The van der Waals surface area contributed by atoms with E-state index in [0.717, 1.165) is 22.0 Å². The van der Waals surface area contributed by atoms with Gasteiger partial charge in [0.15, 0.2) is 15.6 Å². The van der Waals surface area contributed by atoms with Crippen LogP contribution in [-0.4, -0.2) is 14.8 Å². The third-order valence-electron chi connectivity index (χ3n) is 4.14. The Morgan fingerprint density at radius 1 is 0.964 bits per heavy atom. The van der Waals surface area contributed by atoms with Crippen molar-refractivity contribution in [2.45, 2.75) is 17.5 Å². The van der Waals surface area contributed by atoms with Crippen LogP contribution >= 0.6 is 27.7 Å². The molecule has 0 spiro atoms. The molecular formula is C21H15BrN4OS. The monoisotopic (exact) mass is 450 g/mol. The van der Waals surface area contributed by atoms with E-state index in [4.69, 9.17) is 9.68 Å². The van der Waals surface area contributed by atoms with Crippen LogP contribution < -0.4 is 0 Å². The van der Waals surface area contributed by atoms with E-state index in [1.807, 2.05) is 54.6 Å². The van der Waals surface area contributed by atoms with Gasteiger partial charge in [-0.15, -0.1) is 10.2 Å². The Hall–Kier alpha value is -2.82. The largest absolute Gasteiger partial charge is 0.446 e. The van der Waals surface area contributed by atoms with E-state index in [1.54, 1.807) is 11.8 Å². The maximum atomic E-state index is 8.94. The van der Waals surface area contributed by atoms with Gasteiger partial charge in [0, 0.05) is 5.75 Å². The first-order valence-corrected chi connectivity index (χ1v) is 10.4. The Bertz CT molecular complexity index is 1110. The Balaban J connectivity index is 1.62. The zero-order valence-electron chi connectivity index (χ0n) is 14.7. The molecule has 0 bridgehead atoms. The molecule has 0 radical (unpaired) electrons. The summed E-state index contributed by atoms with van der Waals surface area (Å²) >= 11 is 4.96. The van der Waals surface area contributed by atoms with Crippen molar-refractivity contribution < 1.29 is 4.42 Å². The van der Waals surface area contributed by atoms with E-state index in [9.17, 15) is 0 Å². The highest BCUT2D eigenvalue weighted by Gasteiger charge is 2.17. The molecule has 28 heavy (non-hydrogen) atoms. The van der Waals surface area contributed by atoms with Gasteiger partial charge in [0.25, 0.3) is 0 Å². The van der Waals surface area contributed by atoms with Gasteiger partial charge in [-0.25, -0.2) is 0 Å². The van der Waals surface area contributed by atoms with E-state index in [2.05, 4.69) is 48.9 Å². The molecule has 0 aliphatic rings. The van der Waals surface area contributed by atoms with Crippen LogP contribution in [0.3, 0.4) is 0 Å². The molecule has 0 saturated heterocycles. The molecular weight excluding hydrogens is 436 g/mol. The van der Waals surface area contributed by atoms with Gasteiger partial charge < -0.3 is 4.42 Å². The third-order valence-corrected chi connectivity index (χ3v) is 5.61. The lowest BCUT2D eigenvalue weighted by atomic mass is 10.2. The SMILES string of the molecule is N#Cc1ccc(CSc2nnc(-c3ccc(Br)o3)n2Cc2ccccc2)cc1. The van der Waals surface area contributed by atoms with Crippen molar-refractivity contribution in [1.29, 1.82) is 5.26 Å². The summed E-state index contributed by atoms with van der Waals surface area (Å²) in [6.45, 7) is 0.650. The molecule has 0 N–H and O–H groups in total. The molecule has 0 atom stereocenters. The van der Waals surface area contributed by atoms with Gasteiger partial charge >= 0.3 is 0 Å². The van der Waals surface area contributed by atoms with Gasteiger partial charge in [-0.3, -0.25) is 4.57 Å². The highest BCUT2D eigenvalue weighted by molar-refractivity contribution is 9.10. The summed E-state index contributed by atoms with van der Waals surface area (Å²) in [7, 11) is 0. The van der Waals surface area contributed by atoms with Crippen molar-refractivity contribution >= 4 is 27.7 Å². The van der Waals surface area contributed by atoms with Crippen LogP contribution in [0.25, 0.3) is 11.6 Å². The quantitative estimate of drug-likeness (QED) is 0.362. The van der Waals surface area contributed by atoms with Gasteiger partial charge in [-0.2, -0.15) is 5.26 Å². The van der Waals surface area contributed by atoms with Crippen molar-refractivity contribution in [2.75, 3.05) is 0 Å². The first kappa shape index (κ1) is 18.5. The van der Waals surface area contributed by atoms with E-state index < -0.39 is 0 Å². The molecule has 138 valence electrons. The smallest absolute Gasteiger partial charge is 0.200 e. The number of aromatic nitrogens is 3. The number of rotatable bonds is 6. The third kappa shape index (κ3) is 4.19. The van der Waals surface area contributed by atoms with Gasteiger partial charge in [0.05, 0.1) is 18.2 Å². The second-order valence-corrected chi connectivity index (χ2v) is 7.80. The van der Waals surface area contributed by atoms with Crippen LogP contribution in [-0.2, 0) is 12.3 Å². The first-order chi connectivity index (χ1) is 13.7. The number of furan rings is 1. The van der Waals surface area contributed by atoms with Gasteiger partial charge in [-0.05, 0) is 51.3 Å². The van der Waals surface area contributed by atoms with Crippen LogP contribution in [0.2, 0.25) is 0 Å². The van der Waals surface area contributed by atoms with Crippen molar-refractivity contribution in [3.05, 3.63) is 88.1 Å². The Morgan fingerprint density at radius 2 is 1.75 bits per heavy atom. The average Bonchev–Trinajstić information content (AvgIpc) is 3.33. The second-order valence-electron chi connectivity index (χ2n) is 6.08. The lowest BCUT2D eigenvalue weighted by Crippen LogP contribution is -2.03. The summed E-state index contributed by atoms with van der Waals surface area (Å²) in [5.74, 6) is 2.10. The Labute approximate surface area is 175 Å². The molecule has 0 fully saturated rings. The highest BCUT2D eigenvalue weighted by Crippen LogP contribution is 2.29. The summed E-state index contributed by atoms with van der Waals surface area (Å²) in [4.78, 5) is 0. The fourth-order valence-electron chi connectivity index (χ4n) is 2.74. The Morgan fingerprint density at radius 3 is 2.43 bits per heavy atom. The van der Waals surface area contributed by atoms with Gasteiger partial charge in [0.2, 0.25) is 5.82 Å². The normalized spacial score (nSPS) is 10.7. The Kier molecular flexibility index (Phi) is 5.60. The number of halogens is 1. The summed E-state index contributed by atoms with van der Waals surface area (Å²) in [6, 6.07) is 23.7. The number of hydrogen-bond acceptors (Lipinski definition) is 5. The number of hydrogen-bond donors (Lipinski definition) is 0. The van der Waals surface area contributed by atoms with Gasteiger partial charge in [0.1, 0.15) is 0 Å². The fourth-order valence-corrected chi connectivity index (χ4v) is 3.94. The molecule has 2 heterocycles. The number of benzene rings is 2. The van der Waals surface area contributed by atoms with Crippen LogP contribution in [0.4, 0.5) is 0 Å². The lowest BCUT2D eigenvalue weighted by molar-refractivity contribution is 0.545. The minimum Gasteiger partial charge on any atom is -0.446 e. The average molecular weight is 451 g/mol. The second kappa shape index (κ2) is 8.46. The zero-order chi connectivity index (χ0) is 19.3. The summed E-state index contributed by atoms with van der Waals surface area (Å²) in [6.07, 6.45) is 0. The van der Waals surface area contributed by atoms with Crippen molar-refractivity contribution in [1.82, 2.24) is 14.8 Å². The van der Waals surface area contributed by atoms with Crippen LogP contribution in [0, 0.1) is 11.3 Å². The van der Waals surface area contributed by atoms with Crippen molar-refractivity contribution in [3.63, 3.8) is 0 Å². The molecule has 0 aliphatic heterocycles. The summed E-state index contributed by atoms with van der Waals surface area (Å²) in [5, 5.41) is 18.5. The molecule has 0 aliphatic carbocycles. The molecule has 0 saturated carbocycles. The molecule has 2 aromatic carbocycles. The van der Waals surface area contributed by atoms with E-state index in [-0.39, 0.29) is 0 Å². The maximum absolute atomic E-state index is 8.94. The molecule has 2 aromatic heterocycles. The highest BCUT2D eigenvalue weighted by atomic mass is 79.9. The zero-order valence-corrected chi connectivity index (χ0v) is 17.2. The molecule has 0 amide bonds. The lowest BCUT2D eigenvalue weighted by Gasteiger charge is -2.09. The van der Waals surface area contributed by atoms with E-state index in [0.29, 0.717) is 28.4 Å². The molecule has 0 unspecified atom stereocenters. The van der Waals surface area contributed by atoms with Crippen LogP contribution in [0.15, 0.2) is 81.0 Å². The summed E-state index contributed by atoms with van der Waals surface area (Å²) < 4.78 is 8.42. The van der Waals surface area contributed by atoms with E-state index in [1.165, 1.54) is 0 Å².